The number of aromatic amines is 1. The number of methoxy groups -OCH3 is 1. The number of nitrogens with one attached hydrogen (secondary N) is 1. The van der Waals surface area contributed by atoms with Crippen LogP contribution in [0.5, 0.6) is 5.75 Å². The smallest absolute Gasteiger partial charge is 0.270 e. The molecule has 1 N–H and O–H groups in total. The summed E-state index contributed by atoms with van der Waals surface area (Å²) in [5.74, 6) is 0.635. The predicted molar refractivity (Wildman–Crippen MR) is 89.4 cm³/mol. The Bertz CT molecular complexity index is 706. The van der Waals surface area contributed by atoms with E-state index in [0.717, 1.165) is 17.1 Å². The molecule has 2 aromatic rings. The molecule has 1 aromatic carbocycles. The molecule has 1 saturated heterocycles. The molecule has 1 amide bonds. The van der Waals surface area contributed by atoms with Gasteiger partial charge in [-0.2, -0.15) is 0 Å². The van der Waals surface area contributed by atoms with Gasteiger partial charge in [0, 0.05) is 11.9 Å². The van der Waals surface area contributed by atoms with Crippen molar-refractivity contribution in [2.75, 3.05) is 12.0 Å². The van der Waals surface area contributed by atoms with E-state index in [1.54, 1.807) is 7.11 Å². The second kappa shape index (κ2) is 5.75. The molecule has 0 aliphatic carbocycles. The summed E-state index contributed by atoms with van der Waals surface area (Å²) in [4.78, 5) is 17.7. The van der Waals surface area contributed by atoms with Gasteiger partial charge in [0.2, 0.25) is 0 Å². The van der Waals surface area contributed by atoms with Crippen molar-refractivity contribution >= 4 is 46.0 Å². The number of rotatable bonds is 3. The third kappa shape index (κ3) is 2.72. The molecular formula is C15H12N2O2S2. The van der Waals surface area contributed by atoms with Gasteiger partial charge in [0.25, 0.3) is 5.91 Å². The normalized spacial score (nSPS) is 16.8. The largest absolute Gasteiger partial charge is 0.497 e. The van der Waals surface area contributed by atoms with Crippen molar-refractivity contribution in [2.24, 2.45) is 0 Å². The monoisotopic (exact) mass is 316 g/mol. The fourth-order valence-corrected chi connectivity index (χ4v) is 3.29. The Morgan fingerprint density at radius 2 is 2.05 bits per heavy atom. The molecule has 1 aliphatic rings. The maximum absolute atomic E-state index is 12.5. The number of thiocarbonyl (C=S) groups is 1. The van der Waals surface area contributed by atoms with Crippen LogP contribution in [0, 0.1) is 0 Å². The number of hydrogen-bond acceptors (Lipinski definition) is 4. The van der Waals surface area contributed by atoms with Gasteiger partial charge in [-0.25, -0.2) is 0 Å². The van der Waals surface area contributed by atoms with E-state index < -0.39 is 0 Å². The van der Waals surface area contributed by atoms with Crippen molar-refractivity contribution in [2.45, 2.75) is 0 Å². The Labute approximate surface area is 131 Å². The van der Waals surface area contributed by atoms with E-state index in [0.29, 0.717) is 9.23 Å². The van der Waals surface area contributed by atoms with Crippen molar-refractivity contribution in [1.29, 1.82) is 0 Å². The van der Waals surface area contributed by atoms with Crippen LogP contribution in [0.25, 0.3) is 6.08 Å². The van der Waals surface area contributed by atoms with Gasteiger partial charge in [0.1, 0.15) is 5.75 Å². The minimum Gasteiger partial charge on any atom is -0.497 e. The summed E-state index contributed by atoms with van der Waals surface area (Å²) in [6.07, 6.45) is 3.62. The van der Waals surface area contributed by atoms with Gasteiger partial charge in [-0.15, -0.1) is 0 Å². The minimum absolute atomic E-state index is 0.107. The Morgan fingerprint density at radius 1 is 1.29 bits per heavy atom. The fourth-order valence-electron chi connectivity index (χ4n) is 2.00. The highest BCUT2D eigenvalue weighted by Crippen LogP contribution is 2.36. The van der Waals surface area contributed by atoms with E-state index in [1.165, 1.54) is 16.7 Å². The van der Waals surface area contributed by atoms with Gasteiger partial charge >= 0.3 is 0 Å². The Balaban J connectivity index is 1.90. The van der Waals surface area contributed by atoms with Crippen LogP contribution in [-0.2, 0) is 4.79 Å². The van der Waals surface area contributed by atoms with Crippen LogP contribution >= 0.6 is 24.0 Å². The molecular weight excluding hydrogens is 304 g/mol. The molecule has 106 valence electrons. The predicted octanol–water partition coefficient (Wildman–Crippen LogP) is 3.43. The summed E-state index contributed by atoms with van der Waals surface area (Å²) in [5.41, 5.74) is 1.62. The number of aromatic nitrogens is 1. The highest BCUT2D eigenvalue weighted by atomic mass is 32.2. The molecule has 0 bridgehead atoms. The van der Waals surface area contributed by atoms with E-state index in [4.69, 9.17) is 17.0 Å². The lowest BCUT2D eigenvalue weighted by molar-refractivity contribution is -0.113. The quantitative estimate of drug-likeness (QED) is 0.696. The average molecular weight is 316 g/mol. The fraction of sp³-hybridized carbons (Fsp3) is 0.0667. The summed E-state index contributed by atoms with van der Waals surface area (Å²) in [6.45, 7) is 0. The number of benzene rings is 1. The Kier molecular flexibility index (Phi) is 3.81. The molecule has 1 aromatic heterocycles. The van der Waals surface area contributed by atoms with E-state index in [9.17, 15) is 4.79 Å². The highest BCUT2D eigenvalue weighted by Gasteiger charge is 2.33. The van der Waals surface area contributed by atoms with Crippen LogP contribution in [0.15, 0.2) is 47.5 Å². The number of thioether (sulfide) groups is 1. The average Bonchev–Trinajstić information content (AvgIpc) is 3.09. The van der Waals surface area contributed by atoms with Crippen LogP contribution in [0.2, 0.25) is 0 Å². The van der Waals surface area contributed by atoms with E-state index in [2.05, 4.69) is 4.98 Å². The molecule has 0 atom stereocenters. The molecule has 0 saturated carbocycles. The van der Waals surface area contributed by atoms with Gasteiger partial charge in [-0.05, 0) is 42.5 Å². The highest BCUT2D eigenvalue weighted by molar-refractivity contribution is 8.27. The summed E-state index contributed by atoms with van der Waals surface area (Å²) < 4.78 is 5.65. The molecule has 0 radical (unpaired) electrons. The molecule has 2 heterocycles. The van der Waals surface area contributed by atoms with Gasteiger partial charge < -0.3 is 9.72 Å². The maximum Gasteiger partial charge on any atom is 0.270 e. The lowest BCUT2D eigenvalue weighted by atomic mass is 10.2. The minimum atomic E-state index is -0.107. The first kappa shape index (κ1) is 13.9. The van der Waals surface area contributed by atoms with Gasteiger partial charge in [-0.1, -0.05) is 24.0 Å². The zero-order valence-corrected chi connectivity index (χ0v) is 12.8. The van der Waals surface area contributed by atoms with Crippen molar-refractivity contribution in [3.8, 4) is 5.75 Å². The van der Waals surface area contributed by atoms with Crippen LogP contribution in [0.4, 0.5) is 5.69 Å². The Hall–Kier alpha value is -2.05. The molecule has 0 unspecified atom stereocenters. The summed E-state index contributed by atoms with van der Waals surface area (Å²) in [6, 6.07) is 11.0. The second-order valence-electron chi connectivity index (χ2n) is 4.34. The van der Waals surface area contributed by atoms with Gasteiger partial charge in [0.05, 0.1) is 17.7 Å². The van der Waals surface area contributed by atoms with Gasteiger partial charge in [-0.3, -0.25) is 9.69 Å². The second-order valence-corrected chi connectivity index (χ2v) is 6.02. The van der Waals surface area contributed by atoms with E-state index >= 15 is 0 Å². The number of carbonyl (C=O) groups excluding carboxylic acids is 1. The van der Waals surface area contributed by atoms with Crippen LogP contribution in [0.1, 0.15) is 5.69 Å². The van der Waals surface area contributed by atoms with Crippen LogP contribution < -0.4 is 9.64 Å². The third-order valence-corrected chi connectivity index (χ3v) is 4.34. The summed E-state index contributed by atoms with van der Waals surface area (Å²) >= 11 is 6.62. The molecule has 3 rings (SSSR count). The van der Waals surface area contributed by atoms with Gasteiger partial charge in [0.15, 0.2) is 4.32 Å². The van der Waals surface area contributed by atoms with Crippen LogP contribution in [-0.4, -0.2) is 22.3 Å². The van der Waals surface area contributed by atoms with Crippen molar-refractivity contribution in [3.05, 3.63) is 53.2 Å². The van der Waals surface area contributed by atoms with E-state index in [-0.39, 0.29) is 5.91 Å². The third-order valence-electron chi connectivity index (χ3n) is 3.03. The Morgan fingerprint density at radius 3 is 2.67 bits per heavy atom. The van der Waals surface area contributed by atoms with Crippen molar-refractivity contribution in [1.82, 2.24) is 4.98 Å². The molecule has 6 heteroatoms. The number of anilines is 1. The zero-order valence-electron chi connectivity index (χ0n) is 11.2. The number of hydrogen-bond donors (Lipinski definition) is 1. The first-order valence-electron chi connectivity index (χ1n) is 6.24. The maximum atomic E-state index is 12.5. The SMILES string of the molecule is COc1ccc(N2C(=O)/C(=C\c3ccc[nH]3)SC2=S)cc1. The summed E-state index contributed by atoms with van der Waals surface area (Å²) in [7, 11) is 1.60. The molecule has 1 aliphatic heterocycles. The van der Waals surface area contributed by atoms with Crippen molar-refractivity contribution < 1.29 is 9.53 Å². The zero-order chi connectivity index (χ0) is 14.8. The lowest BCUT2D eigenvalue weighted by Gasteiger charge is -2.14. The van der Waals surface area contributed by atoms with E-state index in [1.807, 2.05) is 48.7 Å². The molecule has 0 spiro atoms. The van der Waals surface area contributed by atoms with Crippen LogP contribution in [0.3, 0.4) is 0 Å². The number of ether oxygens (including phenoxy) is 1. The first-order chi connectivity index (χ1) is 10.2. The standard InChI is InChI=1S/C15H12N2O2S2/c1-19-12-6-4-11(5-7-12)17-14(18)13(21-15(17)20)9-10-3-2-8-16-10/h2-9,16H,1H3/b13-9+. The number of carbonyl (C=O) groups is 1. The van der Waals surface area contributed by atoms with Crippen molar-refractivity contribution in [3.63, 3.8) is 0 Å². The lowest BCUT2D eigenvalue weighted by Crippen LogP contribution is -2.27. The summed E-state index contributed by atoms with van der Waals surface area (Å²) in [5, 5.41) is 0. The number of nitrogens with zero attached hydrogens (tertiary/aromatic N) is 1. The topological polar surface area (TPSA) is 45.3 Å². The number of H-pyrrole nitrogens is 1. The molecule has 21 heavy (non-hydrogen) atoms. The number of amides is 1. The first-order valence-corrected chi connectivity index (χ1v) is 7.47. The molecule has 4 nitrogen and oxygen atoms in total. The molecule has 1 fully saturated rings.